The minimum absolute atomic E-state index is 0.668. The van der Waals surface area contributed by atoms with Crippen LogP contribution in [0.3, 0.4) is 0 Å². The van der Waals surface area contributed by atoms with E-state index in [1.807, 2.05) is 6.20 Å². The van der Waals surface area contributed by atoms with E-state index in [4.69, 9.17) is 9.47 Å². The first-order valence-electron chi connectivity index (χ1n) is 5.18. The molecular formula is C10H19N3O2. The van der Waals surface area contributed by atoms with Crippen molar-refractivity contribution in [2.24, 2.45) is 0 Å². The Morgan fingerprint density at radius 3 is 3.07 bits per heavy atom. The summed E-state index contributed by atoms with van der Waals surface area (Å²) >= 11 is 0. The van der Waals surface area contributed by atoms with Gasteiger partial charge in [-0.25, -0.2) is 4.98 Å². The van der Waals surface area contributed by atoms with E-state index < -0.39 is 0 Å². The fourth-order valence-electron chi connectivity index (χ4n) is 1.15. The molecular weight excluding hydrogens is 194 g/mol. The topological polar surface area (TPSA) is 59.2 Å². The van der Waals surface area contributed by atoms with Gasteiger partial charge >= 0.3 is 0 Å². The Morgan fingerprint density at radius 1 is 1.40 bits per heavy atom. The van der Waals surface area contributed by atoms with Gasteiger partial charge in [-0.3, -0.25) is 0 Å². The lowest BCUT2D eigenvalue weighted by molar-refractivity contribution is 0.0694. The van der Waals surface area contributed by atoms with Gasteiger partial charge in [-0.15, -0.1) is 0 Å². The van der Waals surface area contributed by atoms with Crippen LogP contribution < -0.4 is 5.32 Å². The van der Waals surface area contributed by atoms with Crippen LogP contribution in [0.5, 0.6) is 0 Å². The number of hydrogen-bond donors (Lipinski definition) is 2. The van der Waals surface area contributed by atoms with Crippen LogP contribution in [0.1, 0.15) is 12.1 Å². The second kappa shape index (κ2) is 8.40. The molecule has 0 aliphatic carbocycles. The Kier molecular flexibility index (Phi) is 6.81. The molecule has 2 N–H and O–H groups in total. The zero-order valence-corrected chi connectivity index (χ0v) is 9.16. The van der Waals surface area contributed by atoms with Gasteiger partial charge in [0.1, 0.15) is 0 Å². The van der Waals surface area contributed by atoms with Crippen molar-refractivity contribution < 1.29 is 9.47 Å². The summed E-state index contributed by atoms with van der Waals surface area (Å²) in [6.45, 7) is 3.90. The van der Waals surface area contributed by atoms with Gasteiger partial charge in [-0.05, 0) is 13.0 Å². The molecule has 0 aliphatic heterocycles. The van der Waals surface area contributed by atoms with Crippen molar-refractivity contribution >= 4 is 0 Å². The molecule has 1 aromatic heterocycles. The molecule has 1 heterocycles. The summed E-state index contributed by atoms with van der Waals surface area (Å²) in [6, 6.07) is 0. The highest BCUT2D eigenvalue weighted by atomic mass is 16.5. The van der Waals surface area contributed by atoms with Gasteiger partial charge in [0.05, 0.1) is 19.5 Å². The number of aromatic nitrogens is 2. The fourth-order valence-corrected chi connectivity index (χ4v) is 1.15. The average Bonchev–Trinajstić information content (AvgIpc) is 2.75. The molecule has 0 radical (unpaired) electrons. The minimum Gasteiger partial charge on any atom is -0.382 e. The van der Waals surface area contributed by atoms with E-state index in [1.165, 1.54) is 0 Å². The summed E-state index contributed by atoms with van der Waals surface area (Å²) in [5.74, 6) is 0. The first-order valence-corrected chi connectivity index (χ1v) is 5.18. The highest BCUT2D eigenvalue weighted by Gasteiger charge is 1.93. The van der Waals surface area contributed by atoms with E-state index >= 15 is 0 Å². The Morgan fingerprint density at radius 2 is 2.33 bits per heavy atom. The smallest absolute Gasteiger partial charge is 0.0922 e. The maximum Gasteiger partial charge on any atom is 0.0922 e. The van der Waals surface area contributed by atoms with E-state index in [2.05, 4.69) is 15.3 Å². The number of ether oxygens (including phenoxy) is 2. The lowest BCUT2D eigenvalue weighted by Gasteiger charge is -2.04. The van der Waals surface area contributed by atoms with Crippen molar-refractivity contribution in [3.05, 3.63) is 18.2 Å². The summed E-state index contributed by atoms with van der Waals surface area (Å²) in [7, 11) is 1.68. The molecule has 1 aromatic rings. The SMILES string of the molecule is COCCOCCCNCc1cnc[nH]1. The summed E-state index contributed by atoms with van der Waals surface area (Å²) in [5.41, 5.74) is 1.11. The third kappa shape index (κ3) is 6.22. The number of hydrogen-bond acceptors (Lipinski definition) is 4. The van der Waals surface area contributed by atoms with E-state index in [0.29, 0.717) is 13.2 Å². The number of rotatable bonds is 9. The number of methoxy groups -OCH3 is 1. The molecule has 86 valence electrons. The number of H-pyrrole nitrogens is 1. The van der Waals surface area contributed by atoms with Crippen LogP contribution in [-0.4, -0.2) is 43.4 Å². The second-order valence-corrected chi connectivity index (χ2v) is 3.21. The van der Waals surface area contributed by atoms with Gasteiger partial charge in [0.25, 0.3) is 0 Å². The first-order chi connectivity index (χ1) is 7.43. The monoisotopic (exact) mass is 213 g/mol. The van der Waals surface area contributed by atoms with Gasteiger partial charge in [0, 0.05) is 32.2 Å². The molecule has 0 bridgehead atoms. The lowest BCUT2D eigenvalue weighted by Crippen LogP contribution is -2.17. The first kappa shape index (κ1) is 12.2. The van der Waals surface area contributed by atoms with Crippen LogP contribution in [0.15, 0.2) is 12.5 Å². The van der Waals surface area contributed by atoms with Crippen LogP contribution in [0.4, 0.5) is 0 Å². The number of nitrogens with zero attached hydrogens (tertiary/aromatic N) is 1. The molecule has 0 atom stereocenters. The Balaban J connectivity index is 1.81. The van der Waals surface area contributed by atoms with Crippen molar-refractivity contribution in [3.63, 3.8) is 0 Å². The predicted octanol–water partition coefficient (Wildman–Crippen LogP) is 0.552. The highest BCUT2D eigenvalue weighted by molar-refractivity contribution is 4.92. The standard InChI is InChI=1S/C10H19N3O2/c1-14-5-6-15-4-2-3-11-7-10-8-12-9-13-10/h8-9,11H,2-7H2,1H3,(H,12,13). The van der Waals surface area contributed by atoms with E-state index in [9.17, 15) is 0 Å². The van der Waals surface area contributed by atoms with Gasteiger partial charge in [-0.1, -0.05) is 0 Å². The van der Waals surface area contributed by atoms with Crippen molar-refractivity contribution in [1.82, 2.24) is 15.3 Å². The molecule has 0 saturated carbocycles. The summed E-state index contributed by atoms with van der Waals surface area (Å²) in [6.07, 6.45) is 4.52. The van der Waals surface area contributed by atoms with Crippen LogP contribution in [0, 0.1) is 0 Å². The van der Waals surface area contributed by atoms with E-state index in [-0.39, 0.29) is 0 Å². The maximum atomic E-state index is 5.33. The highest BCUT2D eigenvalue weighted by Crippen LogP contribution is 1.89. The predicted molar refractivity (Wildman–Crippen MR) is 57.6 cm³/mol. The largest absolute Gasteiger partial charge is 0.382 e. The van der Waals surface area contributed by atoms with Crippen molar-refractivity contribution in [2.75, 3.05) is 33.5 Å². The van der Waals surface area contributed by atoms with Gasteiger partial charge in [0.15, 0.2) is 0 Å². The average molecular weight is 213 g/mol. The van der Waals surface area contributed by atoms with Crippen LogP contribution in [0.2, 0.25) is 0 Å². The molecule has 1 rings (SSSR count). The quantitative estimate of drug-likeness (QED) is 0.588. The van der Waals surface area contributed by atoms with Gasteiger partial charge in [-0.2, -0.15) is 0 Å². The molecule has 0 aromatic carbocycles. The molecule has 0 amide bonds. The van der Waals surface area contributed by atoms with Gasteiger partial charge < -0.3 is 19.8 Å². The molecule has 0 aliphatic rings. The number of imidazole rings is 1. The summed E-state index contributed by atoms with van der Waals surface area (Å²) in [4.78, 5) is 6.97. The Labute approximate surface area is 90.2 Å². The fraction of sp³-hybridized carbons (Fsp3) is 0.700. The van der Waals surface area contributed by atoms with Crippen molar-refractivity contribution in [2.45, 2.75) is 13.0 Å². The number of aromatic amines is 1. The zero-order valence-electron chi connectivity index (χ0n) is 9.16. The molecule has 15 heavy (non-hydrogen) atoms. The third-order valence-corrected chi connectivity index (χ3v) is 1.94. The summed E-state index contributed by atoms with van der Waals surface area (Å²) < 4.78 is 10.2. The van der Waals surface area contributed by atoms with E-state index in [1.54, 1.807) is 13.4 Å². The molecule has 0 fully saturated rings. The Hall–Kier alpha value is -0.910. The molecule has 5 heteroatoms. The lowest BCUT2D eigenvalue weighted by atomic mass is 10.4. The minimum atomic E-state index is 0.668. The van der Waals surface area contributed by atoms with E-state index in [0.717, 1.165) is 31.8 Å². The number of nitrogens with one attached hydrogen (secondary N) is 2. The normalized spacial score (nSPS) is 10.7. The maximum absolute atomic E-state index is 5.33. The Bertz CT molecular complexity index is 227. The summed E-state index contributed by atoms with van der Waals surface area (Å²) in [5, 5.41) is 3.30. The van der Waals surface area contributed by atoms with Crippen LogP contribution in [-0.2, 0) is 16.0 Å². The van der Waals surface area contributed by atoms with Crippen molar-refractivity contribution in [3.8, 4) is 0 Å². The molecule has 0 unspecified atom stereocenters. The van der Waals surface area contributed by atoms with Crippen molar-refractivity contribution in [1.29, 1.82) is 0 Å². The van der Waals surface area contributed by atoms with Gasteiger partial charge in [0.2, 0.25) is 0 Å². The van der Waals surface area contributed by atoms with Crippen LogP contribution in [0.25, 0.3) is 0 Å². The molecule has 0 saturated heterocycles. The molecule has 0 spiro atoms. The molecule has 5 nitrogen and oxygen atoms in total. The van der Waals surface area contributed by atoms with Crippen LogP contribution >= 0.6 is 0 Å². The second-order valence-electron chi connectivity index (χ2n) is 3.21. The third-order valence-electron chi connectivity index (χ3n) is 1.94. The zero-order chi connectivity index (χ0) is 10.8.